The Balaban J connectivity index is 1.81. The van der Waals surface area contributed by atoms with E-state index in [4.69, 9.17) is 4.42 Å². The van der Waals surface area contributed by atoms with E-state index in [0.29, 0.717) is 17.5 Å². The van der Waals surface area contributed by atoms with Crippen LogP contribution in [-0.2, 0) is 6.42 Å². The first-order chi connectivity index (χ1) is 8.86. The molecule has 0 aromatic carbocycles. The van der Waals surface area contributed by atoms with E-state index in [-0.39, 0.29) is 0 Å². The summed E-state index contributed by atoms with van der Waals surface area (Å²) in [6.07, 6.45) is 3.19. The molecular formula is C12H15N5O. The van der Waals surface area contributed by atoms with Gasteiger partial charge >= 0.3 is 0 Å². The first-order valence-electron chi connectivity index (χ1n) is 6.28. The van der Waals surface area contributed by atoms with Crippen molar-refractivity contribution in [1.82, 2.24) is 20.4 Å². The minimum absolute atomic E-state index is 0.437. The highest BCUT2D eigenvalue weighted by Crippen LogP contribution is 2.20. The number of aryl methyl sites for hydroxylation is 1. The summed E-state index contributed by atoms with van der Waals surface area (Å²) in [6, 6.07) is 3.84. The summed E-state index contributed by atoms with van der Waals surface area (Å²) in [5.41, 5.74) is 0.630. The Labute approximate surface area is 105 Å². The van der Waals surface area contributed by atoms with Gasteiger partial charge in [0, 0.05) is 19.5 Å². The molecule has 1 aliphatic heterocycles. The van der Waals surface area contributed by atoms with E-state index < -0.39 is 0 Å². The number of hydrogen-bond donors (Lipinski definition) is 0. The molecule has 1 fully saturated rings. The Morgan fingerprint density at radius 2 is 1.94 bits per heavy atom. The highest BCUT2D eigenvalue weighted by atomic mass is 16.4. The molecule has 6 heteroatoms. The summed E-state index contributed by atoms with van der Waals surface area (Å²) in [4.78, 5) is 2.24. The molecule has 3 heterocycles. The Kier molecular flexibility index (Phi) is 2.92. The second kappa shape index (κ2) is 4.72. The third-order valence-corrected chi connectivity index (χ3v) is 3.07. The maximum absolute atomic E-state index is 5.45. The van der Waals surface area contributed by atoms with E-state index in [1.54, 1.807) is 0 Å². The number of rotatable bonds is 3. The lowest BCUT2D eigenvalue weighted by atomic mass is 10.3. The highest BCUT2D eigenvalue weighted by Gasteiger charge is 2.15. The lowest BCUT2D eigenvalue weighted by Crippen LogP contribution is -2.19. The van der Waals surface area contributed by atoms with Crippen LogP contribution in [0, 0.1) is 0 Å². The van der Waals surface area contributed by atoms with Gasteiger partial charge in [-0.25, -0.2) is 0 Å². The van der Waals surface area contributed by atoms with Gasteiger partial charge in [0.2, 0.25) is 5.89 Å². The van der Waals surface area contributed by atoms with Crippen molar-refractivity contribution >= 4 is 5.82 Å². The average Bonchev–Trinajstić information content (AvgIpc) is 3.10. The van der Waals surface area contributed by atoms with Gasteiger partial charge in [-0.3, -0.25) is 0 Å². The summed E-state index contributed by atoms with van der Waals surface area (Å²) < 4.78 is 5.45. The third kappa shape index (κ3) is 2.05. The van der Waals surface area contributed by atoms with Crippen LogP contribution in [0.2, 0.25) is 0 Å². The fourth-order valence-electron chi connectivity index (χ4n) is 2.05. The molecule has 2 aromatic rings. The van der Waals surface area contributed by atoms with Crippen LogP contribution < -0.4 is 4.90 Å². The molecule has 2 aromatic heterocycles. The molecule has 1 aliphatic rings. The lowest BCUT2D eigenvalue weighted by Gasteiger charge is -2.14. The zero-order valence-electron chi connectivity index (χ0n) is 10.3. The normalized spacial score (nSPS) is 15.3. The molecular weight excluding hydrogens is 230 g/mol. The van der Waals surface area contributed by atoms with Crippen molar-refractivity contribution < 1.29 is 4.42 Å². The molecule has 0 N–H and O–H groups in total. The van der Waals surface area contributed by atoms with Crippen LogP contribution in [0.15, 0.2) is 16.5 Å². The number of hydrogen-bond acceptors (Lipinski definition) is 6. The molecule has 0 amide bonds. The Bertz CT molecular complexity index is 516. The number of nitrogens with zero attached hydrogens (tertiary/aromatic N) is 5. The molecule has 6 nitrogen and oxygen atoms in total. The van der Waals surface area contributed by atoms with Gasteiger partial charge in [0.15, 0.2) is 5.82 Å². The van der Waals surface area contributed by atoms with E-state index in [2.05, 4.69) is 25.3 Å². The van der Waals surface area contributed by atoms with Crippen molar-refractivity contribution in [3.8, 4) is 11.6 Å². The highest BCUT2D eigenvalue weighted by molar-refractivity contribution is 5.49. The van der Waals surface area contributed by atoms with Crippen LogP contribution in [0.25, 0.3) is 11.6 Å². The summed E-state index contributed by atoms with van der Waals surface area (Å²) in [5, 5.41) is 16.2. The Morgan fingerprint density at radius 1 is 1.11 bits per heavy atom. The molecule has 0 atom stereocenters. The predicted octanol–water partition coefficient (Wildman–Crippen LogP) is 1.69. The predicted molar refractivity (Wildman–Crippen MR) is 66.1 cm³/mol. The van der Waals surface area contributed by atoms with E-state index in [9.17, 15) is 0 Å². The van der Waals surface area contributed by atoms with Gasteiger partial charge in [-0.2, -0.15) is 0 Å². The molecule has 3 rings (SSSR count). The molecule has 18 heavy (non-hydrogen) atoms. The van der Waals surface area contributed by atoms with E-state index in [1.807, 2.05) is 19.1 Å². The fraction of sp³-hybridized carbons (Fsp3) is 0.500. The zero-order valence-corrected chi connectivity index (χ0v) is 10.3. The molecule has 0 bridgehead atoms. The van der Waals surface area contributed by atoms with Crippen molar-refractivity contribution in [2.24, 2.45) is 0 Å². The average molecular weight is 245 g/mol. The van der Waals surface area contributed by atoms with Gasteiger partial charge in [-0.05, 0) is 25.0 Å². The molecule has 1 saturated heterocycles. The summed E-state index contributed by atoms with van der Waals surface area (Å²) in [5.74, 6) is 1.98. The number of aromatic nitrogens is 4. The van der Waals surface area contributed by atoms with Gasteiger partial charge in [0.1, 0.15) is 5.69 Å². The fourth-order valence-corrected chi connectivity index (χ4v) is 2.05. The molecule has 0 aliphatic carbocycles. The Morgan fingerprint density at radius 3 is 2.56 bits per heavy atom. The smallest absolute Gasteiger partial charge is 0.268 e. The van der Waals surface area contributed by atoms with Crippen LogP contribution >= 0.6 is 0 Å². The summed E-state index contributed by atoms with van der Waals surface area (Å²) in [7, 11) is 0. The van der Waals surface area contributed by atoms with Gasteiger partial charge < -0.3 is 9.32 Å². The second-order valence-corrected chi connectivity index (χ2v) is 4.33. The molecule has 94 valence electrons. The first kappa shape index (κ1) is 11.1. The summed E-state index contributed by atoms with van der Waals surface area (Å²) >= 11 is 0. The summed E-state index contributed by atoms with van der Waals surface area (Å²) in [6.45, 7) is 4.10. The quantitative estimate of drug-likeness (QED) is 0.819. The zero-order chi connectivity index (χ0) is 12.4. The molecule has 0 saturated carbocycles. The van der Waals surface area contributed by atoms with Crippen molar-refractivity contribution in [2.75, 3.05) is 18.0 Å². The SMILES string of the molecule is CCc1nnc(-c2ccc(N3CCCC3)nn2)o1. The van der Waals surface area contributed by atoms with Crippen LogP contribution in [0.3, 0.4) is 0 Å². The van der Waals surface area contributed by atoms with Gasteiger partial charge in [0.05, 0.1) is 0 Å². The standard InChI is InChI=1S/C12H15N5O/c1-2-11-15-16-12(18-11)9-5-6-10(14-13-9)17-7-3-4-8-17/h5-6H,2-4,7-8H2,1H3. The van der Waals surface area contributed by atoms with E-state index in [1.165, 1.54) is 12.8 Å². The van der Waals surface area contributed by atoms with Crippen molar-refractivity contribution in [3.05, 3.63) is 18.0 Å². The van der Waals surface area contributed by atoms with Crippen LogP contribution in [0.4, 0.5) is 5.82 Å². The Hall–Kier alpha value is -1.98. The van der Waals surface area contributed by atoms with Crippen molar-refractivity contribution in [2.45, 2.75) is 26.2 Å². The van der Waals surface area contributed by atoms with E-state index in [0.717, 1.165) is 25.3 Å². The van der Waals surface area contributed by atoms with Crippen LogP contribution in [0.1, 0.15) is 25.7 Å². The van der Waals surface area contributed by atoms with Crippen molar-refractivity contribution in [1.29, 1.82) is 0 Å². The maximum atomic E-state index is 5.45. The van der Waals surface area contributed by atoms with Crippen LogP contribution in [0.5, 0.6) is 0 Å². The molecule has 0 unspecified atom stereocenters. The molecule has 0 spiro atoms. The molecule has 0 radical (unpaired) electrons. The minimum Gasteiger partial charge on any atom is -0.419 e. The second-order valence-electron chi connectivity index (χ2n) is 4.33. The lowest BCUT2D eigenvalue weighted by molar-refractivity contribution is 0.510. The van der Waals surface area contributed by atoms with Gasteiger partial charge in [-0.15, -0.1) is 20.4 Å². The number of anilines is 1. The maximum Gasteiger partial charge on any atom is 0.268 e. The largest absolute Gasteiger partial charge is 0.419 e. The van der Waals surface area contributed by atoms with Crippen LogP contribution in [-0.4, -0.2) is 33.5 Å². The monoisotopic (exact) mass is 245 g/mol. The topological polar surface area (TPSA) is 67.9 Å². The minimum atomic E-state index is 0.437. The third-order valence-electron chi connectivity index (χ3n) is 3.07. The first-order valence-corrected chi connectivity index (χ1v) is 6.28. The van der Waals surface area contributed by atoms with Crippen molar-refractivity contribution in [3.63, 3.8) is 0 Å². The van der Waals surface area contributed by atoms with Gasteiger partial charge in [-0.1, -0.05) is 6.92 Å². The van der Waals surface area contributed by atoms with E-state index >= 15 is 0 Å². The van der Waals surface area contributed by atoms with Gasteiger partial charge in [0.25, 0.3) is 5.89 Å².